The molecule has 2 aromatic heterocycles. The molecule has 1 fully saturated rings. The van der Waals surface area contributed by atoms with Crippen LogP contribution in [-0.4, -0.2) is 25.9 Å². The third-order valence-electron chi connectivity index (χ3n) is 3.28. The molecule has 4 nitrogen and oxygen atoms in total. The van der Waals surface area contributed by atoms with E-state index in [2.05, 4.69) is 11.2 Å². The number of aliphatic hydroxyl groups excluding tert-OH is 1. The first kappa shape index (κ1) is 8.97. The van der Waals surface area contributed by atoms with Crippen molar-refractivity contribution in [2.75, 3.05) is 6.61 Å². The Morgan fingerprint density at radius 3 is 2.93 bits per heavy atom. The average Bonchev–Trinajstić information content (AvgIpc) is 2.65. The molecule has 0 aromatic carbocycles. The van der Waals surface area contributed by atoms with Crippen LogP contribution in [0.2, 0.25) is 0 Å². The number of hydrogen-bond acceptors (Lipinski definition) is 2. The fourth-order valence-corrected chi connectivity index (χ4v) is 2.15. The van der Waals surface area contributed by atoms with Gasteiger partial charge in [-0.2, -0.15) is 5.10 Å². The molecule has 0 radical (unpaired) electrons. The Kier molecular flexibility index (Phi) is 2.02. The summed E-state index contributed by atoms with van der Waals surface area (Å²) >= 11 is 0. The van der Waals surface area contributed by atoms with Crippen molar-refractivity contribution in [1.82, 2.24) is 14.2 Å². The van der Waals surface area contributed by atoms with Crippen LogP contribution in [0.5, 0.6) is 0 Å². The Bertz CT molecular complexity index is 467. The number of imidazole rings is 1. The Labute approximate surface area is 88.1 Å². The third kappa shape index (κ3) is 1.36. The maximum Gasteiger partial charge on any atom is 0.136 e. The SMILES string of the molecule is OCCn1ccn2nc(C3CCC3)cc12. The number of nitrogens with zero attached hydrogens (tertiary/aromatic N) is 3. The van der Waals surface area contributed by atoms with Crippen LogP contribution in [-0.2, 0) is 6.54 Å². The first-order chi connectivity index (χ1) is 7.38. The molecule has 0 unspecified atom stereocenters. The van der Waals surface area contributed by atoms with Crippen LogP contribution in [0.15, 0.2) is 18.5 Å². The fourth-order valence-electron chi connectivity index (χ4n) is 2.15. The van der Waals surface area contributed by atoms with Crippen molar-refractivity contribution in [2.45, 2.75) is 31.7 Å². The quantitative estimate of drug-likeness (QED) is 0.823. The van der Waals surface area contributed by atoms with Crippen molar-refractivity contribution >= 4 is 5.65 Å². The Balaban J connectivity index is 1.98. The Morgan fingerprint density at radius 1 is 1.40 bits per heavy atom. The summed E-state index contributed by atoms with van der Waals surface area (Å²) in [6.45, 7) is 0.820. The van der Waals surface area contributed by atoms with Crippen LogP contribution in [0.4, 0.5) is 0 Å². The minimum Gasteiger partial charge on any atom is -0.395 e. The second-order valence-corrected chi connectivity index (χ2v) is 4.21. The molecule has 0 atom stereocenters. The molecule has 0 spiro atoms. The van der Waals surface area contributed by atoms with Gasteiger partial charge in [0.1, 0.15) is 5.65 Å². The van der Waals surface area contributed by atoms with E-state index in [1.54, 1.807) is 0 Å². The van der Waals surface area contributed by atoms with E-state index >= 15 is 0 Å². The minimum absolute atomic E-state index is 0.175. The maximum atomic E-state index is 8.92. The van der Waals surface area contributed by atoms with E-state index in [0.717, 1.165) is 5.65 Å². The van der Waals surface area contributed by atoms with Gasteiger partial charge in [0.2, 0.25) is 0 Å². The summed E-state index contributed by atoms with van der Waals surface area (Å²) in [5.41, 5.74) is 2.30. The highest BCUT2D eigenvalue weighted by Gasteiger charge is 2.22. The standard InChI is InChI=1S/C11H15N3O/c15-7-6-13-4-5-14-11(13)8-10(12-14)9-2-1-3-9/h4-5,8-9,15H,1-3,6-7H2. The first-order valence-corrected chi connectivity index (χ1v) is 5.54. The molecule has 0 aliphatic heterocycles. The van der Waals surface area contributed by atoms with Crippen LogP contribution in [0.1, 0.15) is 30.9 Å². The first-order valence-electron chi connectivity index (χ1n) is 5.54. The van der Waals surface area contributed by atoms with Gasteiger partial charge in [-0.1, -0.05) is 6.42 Å². The van der Waals surface area contributed by atoms with Gasteiger partial charge >= 0.3 is 0 Å². The highest BCUT2D eigenvalue weighted by molar-refractivity contribution is 5.42. The molecule has 15 heavy (non-hydrogen) atoms. The predicted octanol–water partition coefficient (Wildman–Crippen LogP) is 1.40. The van der Waals surface area contributed by atoms with Crippen molar-refractivity contribution < 1.29 is 5.11 Å². The van der Waals surface area contributed by atoms with Gasteiger partial charge in [0.05, 0.1) is 12.3 Å². The van der Waals surface area contributed by atoms with Gasteiger partial charge in [0, 0.05) is 30.9 Å². The lowest BCUT2D eigenvalue weighted by Crippen LogP contribution is -2.09. The second kappa shape index (κ2) is 3.38. The molecule has 1 aliphatic rings. The molecular formula is C11H15N3O. The summed E-state index contributed by atoms with van der Waals surface area (Å²) in [5, 5.41) is 13.5. The monoisotopic (exact) mass is 205 g/mol. The van der Waals surface area contributed by atoms with Crippen molar-refractivity contribution in [3.8, 4) is 0 Å². The lowest BCUT2D eigenvalue weighted by molar-refractivity contribution is 0.278. The van der Waals surface area contributed by atoms with Crippen LogP contribution in [0.3, 0.4) is 0 Å². The Morgan fingerprint density at radius 2 is 2.27 bits per heavy atom. The minimum atomic E-state index is 0.175. The molecule has 0 amide bonds. The van der Waals surface area contributed by atoms with Crippen LogP contribution >= 0.6 is 0 Å². The van der Waals surface area contributed by atoms with Crippen LogP contribution < -0.4 is 0 Å². The van der Waals surface area contributed by atoms with E-state index in [-0.39, 0.29) is 6.61 Å². The normalized spacial score (nSPS) is 17.1. The van der Waals surface area contributed by atoms with E-state index in [0.29, 0.717) is 12.5 Å². The fraction of sp³-hybridized carbons (Fsp3) is 0.545. The van der Waals surface area contributed by atoms with Gasteiger partial charge in [-0.05, 0) is 12.8 Å². The summed E-state index contributed by atoms with van der Waals surface area (Å²) in [7, 11) is 0. The van der Waals surface area contributed by atoms with Gasteiger partial charge < -0.3 is 9.67 Å². The van der Waals surface area contributed by atoms with Crippen molar-refractivity contribution in [2.24, 2.45) is 0 Å². The van der Waals surface area contributed by atoms with Gasteiger partial charge in [-0.25, -0.2) is 4.52 Å². The molecule has 3 rings (SSSR count). The number of rotatable bonds is 3. The van der Waals surface area contributed by atoms with E-state index in [1.807, 2.05) is 21.5 Å². The molecule has 1 saturated carbocycles. The number of fused-ring (bicyclic) bond motifs is 1. The topological polar surface area (TPSA) is 42.5 Å². The van der Waals surface area contributed by atoms with E-state index in [1.165, 1.54) is 25.0 Å². The second-order valence-electron chi connectivity index (χ2n) is 4.21. The summed E-state index contributed by atoms with van der Waals surface area (Å²) in [5.74, 6) is 0.674. The number of aliphatic hydroxyl groups is 1. The smallest absolute Gasteiger partial charge is 0.136 e. The highest BCUT2D eigenvalue weighted by atomic mass is 16.3. The van der Waals surface area contributed by atoms with Crippen LogP contribution in [0.25, 0.3) is 5.65 Å². The zero-order chi connectivity index (χ0) is 10.3. The Hall–Kier alpha value is -1.29. The molecular weight excluding hydrogens is 190 g/mol. The molecule has 1 aliphatic carbocycles. The van der Waals surface area contributed by atoms with E-state index in [9.17, 15) is 0 Å². The number of aromatic nitrogens is 3. The lowest BCUT2D eigenvalue weighted by Gasteiger charge is -2.22. The predicted molar refractivity (Wildman–Crippen MR) is 56.9 cm³/mol. The summed E-state index contributed by atoms with van der Waals surface area (Å²) in [6.07, 6.45) is 7.81. The van der Waals surface area contributed by atoms with E-state index in [4.69, 9.17) is 5.11 Å². The van der Waals surface area contributed by atoms with Gasteiger partial charge in [-0.15, -0.1) is 0 Å². The molecule has 4 heteroatoms. The van der Waals surface area contributed by atoms with Gasteiger partial charge in [0.25, 0.3) is 0 Å². The summed E-state index contributed by atoms with van der Waals surface area (Å²) in [4.78, 5) is 0. The summed E-state index contributed by atoms with van der Waals surface area (Å²) < 4.78 is 3.94. The third-order valence-corrected chi connectivity index (χ3v) is 3.28. The zero-order valence-corrected chi connectivity index (χ0v) is 8.63. The van der Waals surface area contributed by atoms with Crippen LogP contribution in [0, 0.1) is 0 Å². The lowest BCUT2D eigenvalue weighted by atomic mass is 9.83. The summed E-state index contributed by atoms with van der Waals surface area (Å²) in [6, 6.07) is 2.15. The van der Waals surface area contributed by atoms with Crippen molar-refractivity contribution in [3.05, 3.63) is 24.2 Å². The van der Waals surface area contributed by atoms with Gasteiger partial charge in [0.15, 0.2) is 0 Å². The van der Waals surface area contributed by atoms with Gasteiger partial charge in [-0.3, -0.25) is 0 Å². The number of hydrogen-bond donors (Lipinski definition) is 1. The van der Waals surface area contributed by atoms with Crippen molar-refractivity contribution in [1.29, 1.82) is 0 Å². The highest BCUT2D eigenvalue weighted by Crippen LogP contribution is 2.35. The molecule has 2 heterocycles. The maximum absolute atomic E-state index is 8.92. The molecule has 2 aromatic rings. The zero-order valence-electron chi connectivity index (χ0n) is 8.63. The van der Waals surface area contributed by atoms with Crippen molar-refractivity contribution in [3.63, 3.8) is 0 Å². The molecule has 80 valence electrons. The largest absolute Gasteiger partial charge is 0.395 e. The van der Waals surface area contributed by atoms with E-state index < -0.39 is 0 Å². The molecule has 0 bridgehead atoms. The molecule has 0 saturated heterocycles. The molecule has 1 N–H and O–H groups in total. The average molecular weight is 205 g/mol.